The quantitative estimate of drug-likeness (QED) is 0.0228. The lowest BCUT2D eigenvalue weighted by molar-refractivity contribution is -0.301. The molecule has 1 fully saturated rings. The number of unbranched alkanes of at least 4 members (excludes halogenated alkanes) is 26. The Morgan fingerprint density at radius 1 is 0.442 bits per heavy atom. The molecule has 6 unspecified atom stereocenters. The molecule has 0 aromatic heterocycles. The molecule has 1 saturated heterocycles. The maximum absolute atomic E-state index is 13.1. The molecule has 0 aromatic rings. The highest BCUT2D eigenvalue weighted by Gasteiger charge is 2.50. The summed E-state index contributed by atoms with van der Waals surface area (Å²) in [5.41, 5.74) is 0. The first-order valence-electron chi connectivity index (χ1n) is 30.9. The van der Waals surface area contributed by atoms with Gasteiger partial charge in [0.25, 0.3) is 0 Å². The van der Waals surface area contributed by atoms with E-state index >= 15 is 0 Å². The Labute approximate surface area is 468 Å². The molecule has 77 heavy (non-hydrogen) atoms. The van der Waals surface area contributed by atoms with Gasteiger partial charge < -0.3 is 39.0 Å². The Kier molecular flexibility index (Phi) is 48.8. The van der Waals surface area contributed by atoms with Crippen molar-refractivity contribution < 1.29 is 58.2 Å². The molecule has 0 aliphatic carbocycles. The summed E-state index contributed by atoms with van der Waals surface area (Å²) in [7, 11) is 0. The molecule has 6 atom stereocenters. The van der Waals surface area contributed by atoms with Crippen LogP contribution in [0.25, 0.3) is 0 Å². The van der Waals surface area contributed by atoms with Gasteiger partial charge in [0.05, 0.1) is 6.61 Å². The number of aliphatic hydroxyl groups excluding tert-OH is 2. The Morgan fingerprint density at radius 3 is 1.26 bits per heavy atom. The minimum absolute atomic E-state index is 0.0578. The number of aliphatic hydroxyl groups is 2. The zero-order valence-electron chi connectivity index (χ0n) is 48.7. The van der Waals surface area contributed by atoms with Crippen molar-refractivity contribution in [3.8, 4) is 0 Å². The first-order chi connectivity index (χ1) is 37.6. The van der Waals surface area contributed by atoms with Gasteiger partial charge in [0.2, 0.25) is 0 Å². The highest BCUT2D eigenvalue weighted by atomic mass is 16.7. The predicted molar refractivity (Wildman–Crippen MR) is 312 cm³/mol. The maximum Gasteiger partial charge on any atom is 0.335 e. The maximum atomic E-state index is 13.1. The Morgan fingerprint density at radius 2 is 0.818 bits per heavy atom. The fourth-order valence-corrected chi connectivity index (χ4v) is 9.10. The molecule has 0 spiro atoms. The normalized spacial score (nSPS) is 18.5. The number of carboxylic acids is 1. The third-order valence-corrected chi connectivity index (χ3v) is 13.8. The van der Waals surface area contributed by atoms with E-state index in [1.54, 1.807) is 0 Å². The van der Waals surface area contributed by atoms with Crippen LogP contribution in [0.15, 0.2) is 72.9 Å². The summed E-state index contributed by atoms with van der Waals surface area (Å²) in [6.45, 7) is 5.76. The smallest absolute Gasteiger partial charge is 0.335 e. The predicted octanol–water partition coefficient (Wildman–Crippen LogP) is 16.1. The first kappa shape index (κ1) is 71.2. The van der Waals surface area contributed by atoms with Crippen LogP contribution in [-0.2, 0) is 42.9 Å². The Bertz CT molecular complexity index is 1620. The molecule has 0 saturated carbocycles. The van der Waals surface area contributed by atoms with Gasteiger partial charge in [-0.05, 0) is 83.5 Å². The van der Waals surface area contributed by atoms with E-state index in [0.29, 0.717) is 19.3 Å². The number of aliphatic carboxylic acids is 1. The van der Waals surface area contributed by atoms with Crippen molar-refractivity contribution >= 4 is 23.9 Å². The van der Waals surface area contributed by atoms with Gasteiger partial charge in [-0.3, -0.25) is 14.4 Å². The number of carboxylic acid groups (broad SMARTS) is 1. The number of hydrogen-bond donors (Lipinski definition) is 3. The number of ether oxygens (including phenoxy) is 5. The van der Waals surface area contributed by atoms with Gasteiger partial charge in [-0.2, -0.15) is 0 Å². The van der Waals surface area contributed by atoms with Crippen molar-refractivity contribution in [2.24, 2.45) is 0 Å². The number of carbonyl (C=O) groups excluding carboxylic acids is 3. The molecule has 0 radical (unpaired) electrons. The van der Waals surface area contributed by atoms with Crippen LogP contribution in [0.3, 0.4) is 0 Å². The summed E-state index contributed by atoms with van der Waals surface area (Å²) in [4.78, 5) is 51.2. The topological polar surface area (TPSA) is 175 Å². The molecule has 0 aromatic carbocycles. The van der Waals surface area contributed by atoms with Crippen molar-refractivity contribution in [2.45, 2.75) is 302 Å². The van der Waals surface area contributed by atoms with Gasteiger partial charge in [0, 0.05) is 19.3 Å². The number of rotatable bonds is 52. The van der Waals surface area contributed by atoms with Crippen molar-refractivity contribution in [3.05, 3.63) is 72.9 Å². The molecule has 0 amide bonds. The van der Waals surface area contributed by atoms with Crippen LogP contribution < -0.4 is 0 Å². The van der Waals surface area contributed by atoms with Crippen LogP contribution in [0.2, 0.25) is 0 Å². The largest absolute Gasteiger partial charge is 0.479 e. The lowest BCUT2D eigenvalue weighted by atomic mass is 9.98. The van der Waals surface area contributed by atoms with Gasteiger partial charge in [0.15, 0.2) is 24.6 Å². The highest BCUT2D eigenvalue weighted by molar-refractivity contribution is 5.74. The van der Waals surface area contributed by atoms with Gasteiger partial charge in [-0.25, -0.2) is 4.79 Å². The molecule has 1 aliphatic heterocycles. The lowest BCUT2D eigenvalue weighted by Crippen LogP contribution is -2.61. The van der Waals surface area contributed by atoms with Crippen LogP contribution >= 0.6 is 0 Å². The van der Waals surface area contributed by atoms with Gasteiger partial charge in [-0.1, -0.05) is 235 Å². The zero-order chi connectivity index (χ0) is 56.1. The number of hydrogen-bond acceptors (Lipinski definition) is 11. The van der Waals surface area contributed by atoms with E-state index in [4.69, 9.17) is 23.7 Å². The first-order valence-corrected chi connectivity index (χ1v) is 30.9. The molecule has 12 nitrogen and oxygen atoms in total. The van der Waals surface area contributed by atoms with Crippen LogP contribution in [0.1, 0.15) is 265 Å². The second-order valence-corrected chi connectivity index (χ2v) is 20.9. The number of allylic oxidation sites excluding steroid dienone is 12. The van der Waals surface area contributed by atoms with Gasteiger partial charge >= 0.3 is 23.9 Å². The van der Waals surface area contributed by atoms with Crippen LogP contribution in [0.5, 0.6) is 0 Å². The summed E-state index contributed by atoms with van der Waals surface area (Å²) in [6, 6.07) is 0. The van der Waals surface area contributed by atoms with Crippen molar-refractivity contribution in [1.29, 1.82) is 0 Å². The Balaban J connectivity index is 2.67. The molecular formula is C65H110O12. The average Bonchev–Trinajstić information content (AvgIpc) is 3.42. The summed E-state index contributed by atoms with van der Waals surface area (Å²) >= 11 is 0. The monoisotopic (exact) mass is 1080 g/mol. The van der Waals surface area contributed by atoms with E-state index in [1.165, 1.54) is 83.5 Å². The highest BCUT2D eigenvalue weighted by Crippen LogP contribution is 2.26. The summed E-state index contributed by atoms with van der Waals surface area (Å²) in [5.74, 6) is -3.16. The van der Waals surface area contributed by atoms with Gasteiger partial charge in [0.1, 0.15) is 18.8 Å². The molecule has 12 heteroatoms. The molecule has 442 valence electrons. The lowest BCUT2D eigenvalue weighted by Gasteiger charge is -2.40. The Hall–Kier alpha value is -3.84. The third-order valence-electron chi connectivity index (χ3n) is 13.8. The van der Waals surface area contributed by atoms with Crippen molar-refractivity contribution in [1.82, 2.24) is 0 Å². The van der Waals surface area contributed by atoms with E-state index in [9.17, 15) is 34.5 Å². The van der Waals surface area contributed by atoms with Crippen LogP contribution in [-0.4, -0.2) is 89.2 Å². The average molecular weight is 1080 g/mol. The van der Waals surface area contributed by atoms with E-state index in [1.807, 2.05) is 0 Å². The molecule has 3 N–H and O–H groups in total. The molecule has 1 aliphatic rings. The van der Waals surface area contributed by atoms with E-state index in [0.717, 1.165) is 122 Å². The van der Waals surface area contributed by atoms with Crippen LogP contribution in [0.4, 0.5) is 0 Å². The summed E-state index contributed by atoms with van der Waals surface area (Å²) in [5, 5.41) is 31.5. The molecule has 0 bridgehead atoms. The second kappa shape index (κ2) is 52.8. The van der Waals surface area contributed by atoms with E-state index < -0.39 is 67.3 Å². The SMILES string of the molecule is CC/C=C\C/C=C\C/C=C\CCCCCCCCCC(=O)OCC(COC1OC(C(=O)O)C(O)C(O)C1OC(=O)CCCCCCCCCCCCCCCCCCC)OC(=O)CCCCC/C=C\C/C=C\C/C=C\CC. The molecule has 1 heterocycles. The zero-order valence-corrected chi connectivity index (χ0v) is 48.7. The number of carbonyl (C=O) groups is 4. The minimum atomic E-state index is -1.91. The van der Waals surface area contributed by atoms with Crippen LogP contribution in [0, 0.1) is 0 Å². The summed E-state index contributed by atoms with van der Waals surface area (Å²) < 4.78 is 28.4. The van der Waals surface area contributed by atoms with E-state index in [-0.39, 0.29) is 25.9 Å². The van der Waals surface area contributed by atoms with E-state index in [2.05, 4.69) is 93.7 Å². The molecular weight excluding hydrogens is 973 g/mol. The summed E-state index contributed by atoms with van der Waals surface area (Å²) in [6.07, 6.45) is 54.4. The standard InChI is InChI=1S/C65H110O12/c1-4-7-10-13-16-19-22-25-27-29-31-34-36-39-42-45-48-51-57(66)73-54-56(75-58(67)52-49-46-43-40-37-33-24-21-18-15-12-9-6-3)55-74-65-63(61(70)60(69)62(77-65)64(71)72)76-59(68)53-50-47-44-41-38-35-32-30-28-26-23-20-17-14-11-8-5-2/h7,9-10,12,16,18-19,21,25,27,33,37,56,60-63,65,69-70H,4-6,8,11,13-15,17,20,22-24,26,28-32,34-36,38-55H2,1-3H3,(H,71,72)/b10-7-,12-9-,19-16-,21-18-,27-25-,37-33-. The number of esters is 3. The third kappa shape index (κ3) is 42.7. The fraction of sp³-hybridized carbons (Fsp3) is 0.754. The fourth-order valence-electron chi connectivity index (χ4n) is 9.10. The minimum Gasteiger partial charge on any atom is -0.479 e. The second-order valence-electron chi connectivity index (χ2n) is 20.9. The van der Waals surface area contributed by atoms with Crippen molar-refractivity contribution in [2.75, 3.05) is 13.2 Å². The molecule has 1 rings (SSSR count). The van der Waals surface area contributed by atoms with Gasteiger partial charge in [-0.15, -0.1) is 0 Å². The van der Waals surface area contributed by atoms with Crippen molar-refractivity contribution in [3.63, 3.8) is 0 Å².